The number of nitrogens with one attached hydrogen (secondary N) is 2. The zero-order valence-electron chi connectivity index (χ0n) is 11.4. The number of hydrogen-bond donors (Lipinski definition) is 2. The summed E-state index contributed by atoms with van der Waals surface area (Å²) in [6.07, 6.45) is 3.61. The number of esters is 1. The molecule has 1 aliphatic rings. The lowest BCUT2D eigenvalue weighted by Crippen LogP contribution is -2.54. The predicted molar refractivity (Wildman–Crippen MR) is 75.2 cm³/mol. The second-order valence-corrected chi connectivity index (χ2v) is 4.97. The van der Waals surface area contributed by atoms with Crippen LogP contribution in [0.1, 0.15) is 5.69 Å². The van der Waals surface area contributed by atoms with Crippen molar-refractivity contribution in [2.24, 2.45) is 0 Å². The maximum absolute atomic E-state index is 11.8. The molecule has 1 aliphatic heterocycles. The van der Waals surface area contributed by atoms with E-state index >= 15 is 0 Å². The van der Waals surface area contributed by atoms with E-state index in [2.05, 4.69) is 26.3 Å². The fourth-order valence-corrected chi connectivity index (χ4v) is 2.64. The van der Waals surface area contributed by atoms with E-state index in [1.807, 2.05) is 12.3 Å². The van der Waals surface area contributed by atoms with Crippen LogP contribution in [0.2, 0.25) is 0 Å². The summed E-state index contributed by atoms with van der Waals surface area (Å²) in [5.74, 6) is -0.185. The number of methoxy groups -OCH3 is 1. The lowest BCUT2D eigenvalue weighted by atomic mass is 10.2. The number of hydrogen-bond acceptors (Lipinski definition) is 5. The third-order valence-corrected chi connectivity index (χ3v) is 3.68. The highest BCUT2D eigenvalue weighted by Crippen LogP contribution is 2.17. The summed E-state index contributed by atoms with van der Waals surface area (Å²) < 4.78 is 4.88. The Bertz CT molecular complexity index is 577. The highest BCUT2D eigenvalue weighted by atomic mass is 16.5. The molecule has 2 aromatic heterocycles. The van der Waals surface area contributed by atoms with Crippen molar-refractivity contribution in [3.05, 3.63) is 30.2 Å². The van der Waals surface area contributed by atoms with Gasteiger partial charge in [0.1, 0.15) is 6.04 Å². The van der Waals surface area contributed by atoms with Crippen molar-refractivity contribution < 1.29 is 9.53 Å². The van der Waals surface area contributed by atoms with Crippen LogP contribution in [0.25, 0.3) is 10.9 Å². The van der Waals surface area contributed by atoms with Crippen molar-refractivity contribution in [1.29, 1.82) is 0 Å². The Morgan fingerprint density at radius 1 is 1.60 bits per heavy atom. The molecule has 106 valence electrons. The van der Waals surface area contributed by atoms with Crippen molar-refractivity contribution in [3.8, 4) is 0 Å². The molecule has 0 spiro atoms. The first-order valence-electron chi connectivity index (χ1n) is 6.72. The van der Waals surface area contributed by atoms with Gasteiger partial charge in [-0.3, -0.25) is 14.7 Å². The van der Waals surface area contributed by atoms with E-state index in [1.54, 1.807) is 6.20 Å². The monoisotopic (exact) mass is 274 g/mol. The molecule has 0 amide bonds. The number of nitrogens with zero attached hydrogens (tertiary/aromatic N) is 2. The van der Waals surface area contributed by atoms with Crippen LogP contribution in [-0.4, -0.2) is 53.6 Å². The average Bonchev–Trinajstić information content (AvgIpc) is 2.89. The molecular formula is C14H18N4O2. The van der Waals surface area contributed by atoms with Gasteiger partial charge in [-0.25, -0.2) is 0 Å². The number of ether oxygens (including phenoxy) is 1. The molecule has 0 bridgehead atoms. The molecule has 1 unspecified atom stereocenters. The van der Waals surface area contributed by atoms with E-state index in [0.29, 0.717) is 13.1 Å². The Hall–Kier alpha value is -1.92. The van der Waals surface area contributed by atoms with Gasteiger partial charge in [0.2, 0.25) is 0 Å². The summed E-state index contributed by atoms with van der Waals surface area (Å²) in [4.78, 5) is 21.4. The molecule has 0 saturated carbocycles. The normalized spacial score (nSPS) is 20.1. The number of aromatic amines is 1. The van der Waals surface area contributed by atoms with Crippen molar-refractivity contribution in [2.75, 3.05) is 26.7 Å². The molecule has 1 fully saturated rings. The smallest absolute Gasteiger partial charge is 0.324 e. The zero-order chi connectivity index (χ0) is 13.9. The zero-order valence-corrected chi connectivity index (χ0v) is 11.4. The molecule has 0 radical (unpaired) electrons. The summed E-state index contributed by atoms with van der Waals surface area (Å²) in [5, 5.41) is 4.32. The lowest BCUT2D eigenvalue weighted by molar-refractivity contribution is -0.147. The van der Waals surface area contributed by atoms with E-state index in [0.717, 1.165) is 29.7 Å². The maximum Gasteiger partial charge on any atom is 0.324 e. The van der Waals surface area contributed by atoms with Crippen LogP contribution in [0.5, 0.6) is 0 Å². The standard InChI is InChI=1S/C14H18N4O2/c1-20-14(19)13-8-16-4-5-18(13)9-11-6-10-7-15-3-2-12(10)17-11/h2-3,6-7,13,16-17H,4-5,8-9H2,1H3. The molecule has 2 N–H and O–H groups in total. The molecular weight excluding hydrogens is 256 g/mol. The average molecular weight is 274 g/mol. The highest BCUT2D eigenvalue weighted by molar-refractivity contribution is 5.79. The number of pyridine rings is 1. The fourth-order valence-electron chi connectivity index (χ4n) is 2.64. The number of fused-ring (bicyclic) bond motifs is 1. The van der Waals surface area contributed by atoms with Gasteiger partial charge >= 0.3 is 5.97 Å². The minimum Gasteiger partial charge on any atom is -0.468 e. The number of rotatable bonds is 3. The molecule has 1 saturated heterocycles. The van der Waals surface area contributed by atoms with Crippen LogP contribution in [-0.2, 0) is 16.1 Å². The van der Waals surface area contributed by atoms with Crippen LogP contribution < -0.4 is 5.32 Å². The minimum atomic E-state index is -0.224. The van der Waals surface area contributed by atoms with E-state index < -0.39 is 0 Å². The van der Waals surface area contributed by atoms with Crippen LogP contribution >= 0.6 is 0 Å². The van der Waals surface area contributed by atoms with Gasteiger partial charge in [0, 0.05) is 55.2 Å². The number of aromatic nitrogens is 2. The van der Waals surface area contributed by atoms with Crippen LogP contribution in [0.15, 0.2) is 24.5 Å². The third kappa shape index (κ3) is 2.52. The Kier molecular flexibility index (Phi) is 3.66. The molecule has 1 atom stereocenters. The molecule has 3 heterocycles. The fraction of sp³-hybridized carbons (Fsp3) is 0.429. The summed E-state index contributed by atoms with van der Waals surface area (Å²) in [7, 11) is 1.43. The molecule has 2 aromatic rings. The minimum absolute atomic E-state index is 0.185. The van der Waals surface area contributed by atoms with Gasteiger partial charge in [-0.05, 0) is 12.1 Å². The quantitative estimate of drug-likeness (QED) is 0.798. The van der Waals surface area contributed by atoms with Gasteiger partial charge in [-0.1, -0.05) is 0 Å². The van der Waals surface area contributed by atoms with Crippen molar-refractivity contribution >= 4 is 16.9 Å². The van der Waals surface area contributed by atoms with E-state index in [1.165, 1.54) is 7.11 Å². The van der Waals surface area contributed by atoms with Crippen molar-refractivity contribution in [1.82, 2.24) is 20.2 Å². The first kappa shape index (κ1) is 13.1. The topological polar surface area (TPSA) is 70.2 Å². The molecule has 0 aliphatic carbocycles. The highest BCUT2D eigenvalue weighted by Gasteiger charge is 2.29. The van der Waals surface area contributed by atoms with Gasteiger partial charge in [0.25, 0.3) is 0 Å². The SMILES string of the molecule is COC(=O)C1CNCCN1Cc1cc2cnccc2[nH]1. The van der Waals surface area contributed by atoms with Crippen LogP contribution in [0, 0.1) is 0 Å². The second-order valence-electron chi connectivity index (χ2n) is 4.97. The van der Waals surface area contributed by atoms with Crippen molar-refractivity contribution in [3.63, 3.8) is 0 Å². The number of carbonyl (C=O) groups excluding carboxylic acids is 1. The Balaban J connectivity index is 1.79. The molecule has 20 heavy (non-hydrogen) atoms. The van der Waals surface area contributed by atoms with Crippen LogP contribution in [0.4, 0.5) is 0 Å². The maximum atomic E-state index is 11.8. The molecule has 0 aromatic carbocycles. The van der Waals surface area contributed by atoms with Gasteiger partial charge in [-0.2, -0.15) is 0 Å². The van der Waals surface area contributed by atoms with Gasteiger partial charge in [-0.15, -0.1) is 0 Å². The summed E-state index contributed by atoms with van der Waals surface area (Å²) in [5.41, 5.74) is 2.16. The summed E-state index contributed by atoms with van der Waals surface area (Å²) in [6.45, 7) is 3.05. The Morgan fingerprint density at radius 2 is 2.50 bits per heavy atom. The largest absolute Gasteiger partial charge is 0.468 e. The number of carbonyl (C=O) groups is 1. The van der Waals surface area contributed by atoms with E-state index in [4.69, 9.17) is 4.74 Å². The van der Waals surface area contributed by atoms with Gasteiger partial charge in [0.05, 0.1) is 7.11 Å². The van der Waals surface area contributed by atoms with Crippen LogP contribution in [0.3, 0.4) is 0 Å². The Labute approximate surface area is 117 Å². The van der Waals surface area contributed by atoms with Crippen molar-refractivity contribution in [2.45, 2.75) is 12.6 Å². The summed E-state index contributed by atoms with van der Waals surface area (Å²) in [6, 6.07) is 3.81. The predicted octanol–water partition coefficient (Wildman–Crippen LogP) is 0.510. The lowest BCUT2D eigenvalue weighted by Gasteiger charge is -2.33. The summed E-state index contributed by atoms with van der Waals surface area (Å²) >= 11 is 0. The second kappa shape index (κ2) is 5.60. The number of H-pyrrole nitrogens is 1. The van der Waals surface area contributed by atoms with Gasteiger partial charge < -0.3 is 15.0 Å². The van der Waals surface area contributed by atoms with E-state index in [-0.39, 0.29) is 12.0 Å². The first-order valence-corrected chi connectivity index (χ1v) is 6.72. The Morgan fingerprint density at radius 3 is 3.30 bits per heavy atom. The number of piperazine rings is 1. The first-order chi connectivity index (χ1) is 9.78. The molecule has 6 heteroatoms. The van der Waals surface area contributed by atoms with E-state index in [9.17, 15) is 4.79 Å². The molecule has 3 rings (SSSR count). The van der Waals surface area contributed by atoms with Gasteiger partial charge in [0.15, 0.2) is 0 Å². The molecule has 6 nitrogen and oxygen atoms in total. The third-order valence-electron chi connectivity index (χ3n) is 3.68.